The van der Waals surface area contributed by atoms with Gasteiger partial charge in [-0.15, -0.1) is 0 Å². The molecule has 0 heterocycles. The van der Waals surface area contributed by atoms with E-state index in [2.05, 4.69) is 6.92 Å². The van der Waals surface area contributed by atoms with Crippen molar-refractivity contribution in [1.29, 1.82) is 0 Å². The lowest BCUT2D eigenvalue weighted by Gasteiger charge is -2.41. The van der Waals surface area contributed by atoms with Gasteiger partial charge in [0.15, 0.2) is 0 Å². The van der Waals surface area contributed by atoms with E-state index in [1.165, 1.54) is 64.2 Å². The Labute approximate surface area is 128 Å². The summed E-state index contributed by atoms with van der Waals surface area (Å²) in [7, 11) is 0. The Morgan fingerprint density at radius 2 is 0.800 bits per heavy atom. The zero-order valence-corrected chi connectivity index (χ0v) is 13.7. The Balaban J connectivity index is 1.41. The fourth-order valence-electron chi connectivity index (χ4n) is 5.50. The molecule has 3 fully saturated rings. The molecule has 0 N–H and O–H groups in total. The second kappa shape index (κ2) is 6.84. The van der Waals surface area contributed by atoms with Crippen molar-refractivity contribution in [3.8, 4) is 0 Å². The third kappa shape index (κ3) is 3.60. The lowest BCUT2D eigenvalue weighted by molar-refractivity contribution is 0.108. The Morgan fingerprint density at radius 3 is 1.15 bits per heavy atom. The number of rotatable bonds is 2. The fraction of sp³-hybridized carbons (Fsp3) is 1.00. The fourth-order valence-corrected chi connectivity index (χ4v) is 5.50. The Morgan fingerprint density at radius 1 is 0.500 bits per heavy atom. The van der Waals surface area contributed by atoms with Crippen LogP contribution in [-0.4, -0.2) is 0 Å². The first-order valence-corrected chi connectivity index (χ1v) is 9.55. The van der Waals surface area contributed by atoms with Crippen molar-refractivity contribution in [3.05, 3.63) is 0 Å². The van der Waals surface area contributed by atoms with Gasteiger partial charge in [0.05, 0.1) is 0 Å². The molecule has 0 radical (unpaired) electrons. The van der Waals surface area contributed by atoms with Crippen LogP contribution in [-0.2, 0) is 0 Å². The van der Waals surface area contributed by atoms with E-state index in [9.17, 15) is 0 Å². The lowest BCUT2D eigenvalue weighted by Crippen LogP contribution is -2.29. The van der Waals surface area contributed by atoms with Gasteiger partial charge in [-0.3, -0.25) is 0 Å². The molecule has 0 atom stereocenters. The summed E-state index contributed by atoms with van der Waals surface area (Å²) in [5, 5.41) is 0. The van der Waals surface area contributed by atoms with E-state index in [4.69, 9.17) is 1.37 Å². The molecular weight excluding hydrogens is 240 g/mol. The van der Waals surface area contributed by atoms with Crippen LogP contribution in [0.4, 0.5) is 0 Å². The first kappa shape index (κ1) is 13.6. The molecule has 0 nitrogen and oxygen atoms in total. The van der Waals surface area contributed by atoms with Crippen LogP contribution in [0.1, 0.15) is 92.2 Å². The summed E-state index contributed by atoms with van der Waals surface area (Å²) < 4.78 is 7.56. The summed E-state index contributed by atoms with van der Waals surface area (Å²) in [6.07, 6.45) is 17.8. The zero-order chi connectivity index (χ0) is 14.7. The average Bonchev–Trinajstić information content (AvgIpc) is 2.56. The first-order valence-electron chi connectivity index (χ1n) is 10.3. The molecule has 0 heteroatoms. The smallest absolute Gasteiger partial charge is 0.0233 e. The monoisotopic (exact) mass is 278 g/mol. The Kier molecular flexibility index (Phi) is 4.67. The van der Waals surface area contributed by atoms with E-state index in [0.29, 0.717) is 6.90 Å². The predicted octanol–water partition coefficient (Wildman–Crippen LogP) is 6.45. The molecule has 116 valence electrons. The van der Waals surface area contributed by atoms with Crippen LogP contribution in [0.15, 0.2) is 0 Å². The SMILES string of the molecule is [3H]CC1CCC(C2CCC(C3CCC(C)CC3)CC2)CC1. The van der Waals surface area contributed by atoms with E-state index in [-0.39, 0.29) is 0 Å². The van der Waals surface area contributed by atoms with E-state index in [0.717, 1.165) is 35.5 Å². The van der Waals surface area contributed by atoms with E-state index >= 15 is 0 Å². The van der Waals surface area contributed by atoms with Crippen LogP contribution in [0, 0.1) is 35.5 Å². The molecule has 0 aliphatic heterocycles. The Hall–Kier alpha value is 0. The quantitative estimate of drug-likeness (QED) is 0.545. The summed E-state index contributed by atoms with van der Waals surface area (Å²) in [6, 6.07) is 0. The standard InChI is InChI=1S/C20H36/c1-15-3-7-17(8-4-15)19-11-13-20(14-12-19)18-9-5-16(2)6-10-18/h15-20H,3-14H2,1-2H3/i1T. The van der Waals surface area contributed by atoms with Gasteiger partial charge in [-0.2, -0.15) is 0 Å². The van der Waals surface area contributed by atoms with Crippen molar-refractivity contribution < 1.29 is 1.37 Å². The van der Waals surface area contributed by atoms with Crippen molar-refractivity contribution >= 4 is 0 Å². The molecule has 0 unspecified atom stereocenters. The highest BCUT2D eigenvalue weighted by Gasteiger charge is 2.33. The van der Waals surface area contributed by atoms with Gasteiger partial charge < -0.3 is 0 Å². The normalized spacial score (nSPS) is 47.8. The van der Waals surface area contributed by atoms with Crippen LogP contribution < -0.4 is 0 Å². The molecule has 0 amide bonds. The Bertz CT molecular complexity index is 289. The highest BCUT2D eigenvalue weighted by molar-refractivity contribution is 4.85. The molecule has 3 rings (SSSR count). The molecule has 3 saturated carbocycles. The second-order valence-electron chi connectivity index (χ2n) is 8.48. The second-order valence-corrected chi connectivity index (χ2v) is 8.48. The number of hydrogen-bond donors (Lipinski definition) is 0. The first-order chi connectivity index (χ1) is 10.3. The maximum absolute atomic E-state index is 7.56. The zero-order valence-electron chi connectivity index (χ0n) is 14.7. The third-order valence-electron chi connectivity index (χ3n) is 7.10. The van der Waals surface area contributed by atoms with Gasteiger partial charge in [0, 0.05) is 1.37 Å². The molecule has 3 aliphatic carbocycles. The highest BCUT2D eigenvalue weighted by Crippen LogP contribution is 2.45. The summed E-state index contributed by atoms with van der Waals surface area (Å²) in [5.74, 6) is 5.99. The molecule has 0 aromatic carbocycles. The molecule has 0 aromatic rings. The van der Waals surface area contributed by atoms with Crippen LogP contribution >= 0.6 is 0 Å². The van der Waals surface area contributed by atoms with Gasteiger partial charge in [-0.05, 0) is 86.9 Å². The van der Waals surface area contributed by atoms with E-state index in [1.807, 2.05) is 0 Å². The van der Waals surface area contributed by atoms with Gasteiger partial charge in [0.2, 0.25) is 0 Å². The largest absolute Gasteiger partial charge is 0.0625 e. The van der Waals surface area contributed by atoms with Crippen LogP contribution in [0.3, 0.4) is 0 Å². The van der Waals surface area contributed by atoms with Crippen LogP contribution in [0.25, 0.3) is 0 Å². The van der Waals surface area contributed by atoms with Crippen LogP contribution in [0.2, 0.25) is 0 Å². The topological polar surface area (TPSA) is 0 Å². The van der Waals surface area contributed by atoms with Crippen molar-refractivity contribution in [2.24, 2.45) is 35.5 Å². The van der Waals surface area contributed by atoms with Crippen molar-refractivity contribution in [2.75, 3.05) is 0 Å². The van der Waals surface area contributed by atoms with Gasteiger partial charge in [-0.25, -0.2) is 0 Å². The highest BCUT2D eigenvalue weighted by atomic mass is 14.4. The van der Waals surface area contributed by atoms with Gasteiger partial charge in [0.25, 0.3) is 0 Å². The van der Waals surface area contributed by atoms with Crippen molar-refractivity contribution in [2.45, 2.75) is 90.9 Å². The maximum atomic E-state index is 7.56. The minimum absolute atomic E-state index is 0.680. The predicted molar refractivity (Wildman–Crippen MR) is 87.7 cm³/mol. The molecule has 0 bridgehead atoms. The third-order valence-corrected chi connectivity index (χ3v) is 7.10. The van der Waals surface area contributed by atoms with Crippen LogP contribution in [0.5, 0.6) is 0 Å². The molecule has 3 aliphatic rings. The molecule has 0 spiro atoms. The summed E-state index contributed by atoms with van der Waals surface area (Å²) in [4.78, 5) is 0. The maximum Gasteiger partial charge on any atom is 0.0233 e. The van der Waals surface area contributed by atoms with E-state index < -0.39 is 0 Å². The summed E-state index contributed by atoms with van der Waals surface area (Å²) >= 11 is 0. The van der Waals surface area contributed by atoms with E-state index in [1.54, 1.807) is 12.8 Å². The number of hydrogen-bond acceptors (Lipinski definition) is 0. The minimum atomic E-state index is 0.680. The summed E-state index contributed by atoms with van der Waals surface area (Å²) in [6.45, 7) is 3.12. The van der Waals surface area contributed by atoms with Crippen molar-refractivity contribution in [3.63, 3.8) is 0 Å². The molecular formula is C20H36. The molecule has 0 aromatic heterocycles. The minimum Gasteiger partial charge on any atom is -0.0625 e. The van der Waals surface area contributed by atoms with Gasteiger partial charge in [-0.1, -0.05) is 39.5 Å². The lowest BCUT2D eigenvalue weighted by atomic mass is 9.65. The van der Waals surface area contributed by atoms with Gasteiger partial charge in [0.1, 0.15) is 0 Å². The molecule has 0 saturated heterocycles. The molecule has 20 heavy (non-hydrogen) atoms. The average molecular weight is 279 g/mol. The van der Waals surface area contributed by atoms with Gasteiger partial charge >= 0.3 is 0 Å². The summed E-state index contributed by atoms with van der Waals surface area (Å²) in [5.41, 5.74) is 0. The van der Waals surface area contributed by atoms with Crippen molar-refractivity contribution in [1.82, 2.24) is 0 Å².